The summed E-state index contributed by atoms with van der Waals surface area (Å²) in [5, 5.41) is 0. The Morgan fingerprint density at radius 3 is 2.67 bits per heavy atom. The predicted molar refractivity (Wildman–Crippen MR) is 81.5 cm³/mol. The topological polar surface area (TPSA) is 35.5 Å². The third-order valence-corrected chi connectivity index (χ3v) is 3.15. The van der Waals surface area contributed by atoms with Crippen molar-refractivity contribution in [2.75, 3.05) is 13.2 Å². The van der Waals surface area contributed by atoms with Crippen molar-refractivity contribution in [1.29, 1.82) is 0 Å². The molecule has 2 aromatic carbocycles. The third kappa shape index (κ3) is 4.29. The number of benzene rings is 2. The van der Waals surface area contributed by atoms with E-state index in [0.717, 1.165) is 0 Å². The lowest BCUT2D eigenvalue weighted by Crippen LogP contribution is -2.13. The normalized spacial score (nSPS) is 10.2. The van der Waals surface area contributed by atoms with Gasteiger partial charge in [0.1, 0.15) is 17.3 Å². The molecule has 0 N–H and O–H groups in total. The molecule has 21 heavy (non-hydrogen) atoms. The summed E-state index contributed by atoms with van der Waals surface area (Å²) in [4.78, 5) is 12.2. The summed E-state index contributed by atoms with van der Waals surface area (Å²) in [6.07, 6.45) is 0. The number of ether oxygens (including phenoxy) is 2. The van der Waals surface area contributed by atoms with Crippen molar-refractivity contribution in [1.82, 2.24) is 0 Å². The Bertz CT molecular complexity index is 623. The van der Waals surface area contributed by atoms with Crippen molar-refractivity contribution >= 4 is 21.7 Å². The molecule has 0 unspecified atom stereocenters. The molecule has 3 nitrogen and oxygen atoms in total. The Hall–Kier alpha value is -1.88. The minimum atomic E-state index is -0.429. The first-order chi connectivity index (χ1) is 10.1. The van der Waals surface area contributed by atoms with Gasteiger partial charge in [0, 0.05) is 10.5 Å². The van der Waals surface area contributed by atoms with E-state index >= 15 is 0 Å². The molecule has 0 amide bonds. The molecular weight excluding hydrogens is 339 g/mol. The SMILES string of the molecule is CCOc1ccccc1C(=O)COc1cc(F)cc(Br)c1. The van der Waals surface area contributed by atoms with Gasteiger partial charge in [-0.25, -0.2) is 4.39 Å². The van der Waals surface area contributed by atoms with Crippen molar-refractivity contribution < 1.29 is 18.7 Å². The number of carbonyl (C=O) groups is 1. The maximum absolute atomic E-state index is 13.2. The molecule has 0 aliphatic rings. The number of carbonyl (C=O) groups excluding carboxylic acids is 1. The highest BCUT2D eigenvalue weighted by Crippen LogP contribution is 2.22. The fourth-order valence-electron chi connectivity index (χ4n) is 1.82. The first-order valence-electron chi connectivity index (χ1n) is 6.44. The van der Waals surface area contributed by atoms with Gasteiger partial charge in [0.2, 0.25) is 5.78 Å². The van der Waals surface area contributed by atoms with Gasteiger partial charge in [0.25, 0.3) is 0 Å². The molecule has 110 valence electrons. The van der Waals surface area contributed by atoms with E-state index in [-0.39, 0.29) is 12.4 Å². The fourth-order valence-corrected chi connectivity index (χ4v) is 2.26. The molecule has 5 heteroatoms. The van der Waals surface area contributed by atoms with Crippen LogP contribution in [-0.2, 0) is 0 Å². The third-order valence-electron chi connectivity index (χ3n) is 2.69. The Balaban J connectivity index is 2.08. The van der Waals surface area contributed by atoms with Crippen LogP contribution >= 0.6 is 15.9 Å². The fraction of sp³-hybridized carbons (Fsp3) is 0.188. The Kier molecular flexibility index (Phi) is 5.33. The molecule has 0 aromatic heterocycles. The van der Waals surface area contributed by atoms with E-state index < -0.39 is 5.82 Å². The maximum Gasteiger partial charge on any atom is 0.203 e. The summed E-state index contributed by atoms with van der Waals surface area (Å²) in [5.74, 6) is 0.166. The van der Waals surface area contributed by atoms with E-state index in [1.54, 1.807) is 30.3 Å². The Morgan fingerprint density at radius 1 is 1.19 bits per heavy atom. The summed E-state index contributed by atoms with van der Waals surface area (Å²) in [6.45, 7) is 2.14. The van der Waals surface area contributed by atoms with Gasteiger partial charge in [-0.1, -0.05) is 28.1 Å². The first kappa shape index (κ1) is 15.5. The molecule has 0 heterocycles. The zero-order valence-electron chi connectivity index (χ0n) is 11.4. The summed E-state index contributed by atoms with van der Waals surface area (Å²) >= 11 is 3.17. The zero-order valence-corrected chi connectivity index (χ0v) is 13.0. The molecular formula is C16H14BrFO3. The van der Waals surface area contributed by atoms with E-state index in [2.05, 4.69) is 15.9 Å². The molecule has 0 saturated carbocycles. The van der Waals surface area contributed by atoms with Gasteiger partial charge in [0.05, 0.1) is 12.2 Å². The quantitative estimate of drug-likeness (QED) is 0.729. The summed E-state index contributed by atoms with van der Waals surface area (Å²) in [7, 11) is 0. The van der Waals surface area contributed by atoms with Gasteiger partial charge < -0.3 is 9.47 Å². The van der Waals surface area contributed by atoms with Crippen LogP contribution in [0.15, 0.2) is 46.9 Å². The van der Waals surface area contributed by atoms with Crippen LogP contribution in [0.3, 0.4) is 0 Å². The lowest BCUT2D eigenvalue weighted by molar-refractivity contribution is 0.0917. The van der Waals surface area contributed by atoms with Gasteiger partial charge in [0.15, 0.2) is 6.61 Å². The Morgan fingerprint density at radius 2 is 1.95 bits per heavy atom. The highest BCUT2D eigenvalue weighted by atomic mass is 79.9. The second-order valence-corrected chi connectivity index (χ2v) is 5.16. The minimum Gasteiger partial charge on any atom is -0.493 e. The van der Waals surface area contributed by atoms with E-state index in [1.807, 2.05) is 6.92 Å². The van der Waals surface area contributed by atoms with Crippen LogP contribution in [0.1, 0.15) is 17.3 Å². The van der Waals surface area contributed by atoms with Crippen LogP contribution in [0.5, 0.6) is 11.5 Å². The van der Waals surface area contributed by atoms with Crippen molar-refractivity contribution in [2.24, 2.45) is 0 Å². The van der Waals surface area contributed by atoms with E-state index in [0.29, 0.717) is 28.1 Å². The molecule has 0 aliphatic heterocycles. The van der Waals surface area contributed by atoms with Gasteiger partial charge in [-0.3, -0.25) is 4.79 Å². The highest BCUT2D eigenvalue weighted by molar-refractivity contribution is 9.10. The van der Waals surface area contributed by atoms with Crippen LogP contribution in [0.4, 0.5) is 4.39 Å². The van der Waals surface area contributed by atoms with Crippen LogP contribution in [0.2, 0.25) is 0 Å². The summed E-state index contributed by atoms with van der Waals surface area (Å²) < 4.78 is 24.5. The van der Waals surface area contributed by atoms with Crippen LogP contribution in [0, 0.1) is 5.82 Å². The molecule has 0 aliphatic carbocycles. The average molecular weight is 353 g/mol. The lowest BCUT2D eigenvalue weighted by atomic mass is 10.1. The summed E-state index contributed by atoms with van der Waals surface area (Å²) in [6, 6.07) is 11.1. The second-order valence-electron chi connectivity index (χ2n) is 4.25. The first-order valence-corrected chi connectivity index (χ1v) is 7.23. The molecule has 0 atom stereocenters. The standard InChI is InChI=1S/C16H14BrFO3/c1-2-20-16-6-4-3-5-14(16)15(19)10-21-13-8-11(17)7-12(18)9-13/h3-9H,2,10H2,1H3. The van der Waals surface area contributed by atoms with Crippen molar-refractivity contribution in [3.05, 3.63) is 58.3 Å². The van der Waals surface area contributed by atoms with Crippen LogP contribution in [0.25, 0.3) is 0 Å². The van der Waals surface area contributed by atoms with Gasteiger partial charge in [-0.05, 0) is 31.2 Å². The molecule has 0 bridgehead atoms. The zero-order chi connectivity index (χ0) is 15.2. The molecule has 0 spiro atoms. The largest absolute Gasteiger partial charge is 0.493 e. The molecule has 0 fully saturated rings. The monoisotopic (exact) mass is 352 g/mol. The average Bonchev–Trinajstić information content (AvgIpc) is 2.45. The molecule has 0 radical (unpaired) electrons. The number of halogens is 2. The van der Waals surface area contributed by atoms with Gasteiger partial charge >= 0.3 is 0 Å². The molecule has 0 saturated heterocycles. The predicted octanol–water partition coefficient (Wildman–Crippen LogP) is 4.25. The highest BCUT2D eigenvalue weighted by Gasteiger charge is 2.13. The van der Waals surface area contributed by atoms with E-state index in [9.17, 15) is 9.18 Å². The van der Waals surface area contributed by atoms with Crippen molar-refractivity contribution in [3.8, 4) is 11.5 Å². The van der Waals surface area contributed by atoms with E-state index in [4.69, 9.17) is 9.47 Å². The number of ketones is 1. The molecule has 2 aromatic rings. The van der Waals surface area contributed by atoms with E-state index in [1.165, 1.54) is 12.1 Å². The second kappa shape index (κ2) is 7.22. The van der Waals surface area contributed by atoms with Gasteiger partial charge in [-0.15, -0.1) is 0 Å². The number of hydrogen-bond acceptors (Lipinski definition) is 3. The van der Waals surface area contributed by atoms with Crippen molar-refractivity contribution in [3.63, 3.8) is 0 Å². The number of Topliss-reactive ketones (excluding diaryl/α,β-unsaturated/α-hetero) is 1. The number of rotatable bonds is 6. The summed E-state index contributed by atoms with van der Waals surface area (Å²) in [5.41, 5.74) is 0.454. The van der Waals surface area contributed by atoms with Crippen molar-refractivity contribution in [2.45, 2.75) is 6.92 Å². The number of hydrogen-bond donors (Lipinski definition) is 0. The van der Waals surface area contributed by atoms with Crippen LogP contribution in [-0.4, -0.2) is 19.0 Å². The number of para-hydroxylation sites is 1. The van der Waals surface area contributed by atoms with Crippen LogP contribution < -0.4 is 9.47 Å². The molecule has 2 rings (SSSR count). The Labute approximate surface area is 130 Å². The van der Waals surface area contributed by atoms with Gasteiger partial charge in [-0.2, -0.15) is 0 Å². The smallest absolute Gasteiger partial charge is 0.203 e. The lowest BCUT2D eigenvalue weighted by Gasteiger charge is -2.10. The minimum absolute atomic E-state index is 0.181. The maximum atomic E-state index is 13.2.